The van der Waals surface area contributed by atoms with Crippen LogP contribution in [0.4, 0.5) is 0 Å². The van der Waals surface area contributed by atoms with Crippen LogP contribution in [0.25, 0.3) is 0 Å². The van der Waals surface area contributed by atoms with Crippen LogP contribution in [0.5, 0.6) is 0 Å². The number of ether oxygens (including phenoxy) is 4. The van der Waals surface area contributed by atoms with E-state index >= 15 is 0 Å². The van der Waals surface area contributed by atoms with E-state index in [1.165, 1.54) is 18.7 Å². The second-order valence-corrected chi connectivity index (χ2v) is 9.28. The molecular weight excluding hydrogens is 456 g/mol. The number of benzene rings is 2. The molecule has 0 N–H and O–H groups in total. The summed E-state index contributed by atoms with van der Waals surface area (Å²) >= 11 is 1.23. The van der Waals surface area contributed by atoms with Crippen LogP contribution in [0.2, 0.25) is 0 Å². The largest absolute Gasteiger partial charge is 0.461 e. The summed E-state index contributed by atoms with van der Waals surface area (Å²) in [7, 11) is 0. The molecule has 7 nitrogen and oxygen atoms in total. The first-order valence-electron chi connectivity index (χ1n) is 10.8. The summed E-state index contributed by atoms with van der Waals surface area (Å²) in [5, 5.41) is -0.511. The Morgan fingerprint density at radius 3 is 1.97 bits per heavy atom. The standard InChI is InChI=1S/C26H28O7S/c1-5-14-30-23-22(33-25(29)20-12-8-17(3)9-13-20)21(34-26(23)32-18(4)27)15-31-24(28)19-10-6-16(2)7-11-19/h5-13,21-23,26H,1,14-15H2,2-4H3/t21-,22-,23-,26?/m1/s1. The van der Waals surface area contributed by atoms with Crippen LogP contribution in [0, 0.1) is 13.8 Å². The van der Waals surface area contributed by atoms with Gasteiger partial charge in [-0.05, 0) is 38.1 Å². The van der Waals surface area contributed by atoms with E-state index < -0.39 is 40.8 Å². The molecule has 1 saturated heterocycles. The summed E-state index contributed by atoms with van der Waals surface area (Å²) in [5.74, 6) is -1.54. The molecule has 1 aliphatic heterocycles. The molecule has 1 unspecified atom stereocenters. The molecule has 0 aromatic heterocycles. The molecule has 4 atom stereocenters. The van der Waals surface area contributed by atoms with Crippen molar-refractivity contribution in [3.8, 4) is 0 Å². The Hall–Kier alpha value is -3.10. The van der Waals surface area contributed by atoms with E-state index in [-0.39, 0.29) is 13.2 Å². The van der Waals surface area contributed by atoms with Gasteiger partial charge in [-0.1, -0.05) is 41.5 Å². The Bertz CT molecular complexity index is 1020. The summed E-state index contributed by atoms with van der Waals surface area (Å²) in [5.41, 5.74) is 2.09. The maximum atomic E-state index is 12.9. The van der Waals surface area contributed by atoms with E-state index in [1.807, 2.05) is 38.1 Å². The minimum atomic E-state index is -0.825. The van der Waals surface area contributed by atoms with Crippen molar-refractivity contribution in [2.45, 2.75) is 43.7 Å². The summed E-state index contributed by atoms with van der Waals surface area (Å²) in [6.07, 6.45) is -0.0303. The predicted octanol–water partition coefficient (Wildman–Crippen LogP) is 4.26. The van der Waals surface area contributed by atoms with Crippen LogP contribution in [0.3, 0.4) is 0 Å². The third-order valence-electron chi connectivity index (χ3n) is 5.15. The van der Waals surface area contributed by atoms with Crippen LogP contribution in [0.1, 0.15) is 38.8 Å². The Labute approximate surface area is 203 Å². The lowest BCUT2D eigenvalue weighted by Crippen LogP contribution is -2.41. The number of hydrogen-bond donors (Lipinski definition) is 0. The van der Waals surface area contributed by atoms with Crippen molar-refractivity contribution in [2.75, 3.05) is 13.2 Å². The Morgan fingerprint density at radius 2 is 1.44 bits per heavy atom. The van der Waals surface area contributed by atoms with Gasteiger partial charge in [0.15, 0.2) is 5.44 Å². The molecule has 0 aliphatic carbocycles. The maximum absolute atomic E-state index is 12.9. The number of thioether (sulfide) groups is 1. The molecule has 1 aliphatic rings. The van der Waals surface area contributed by atoms with Gasteiger partial charge in [0, 0.05) is 6.92 Å². The van der Waals surface area contributed by atoms with Crippen molar-refractivity contribution >= 4 is 29.7 Å². The van der Waals surface area contributed by atoms with E-state index in [0.717, 1.165) is 11.1 Å². The molecule has 34 heavy (non-hydrogen) atoms. The molecule has 2 aromatic rings. The minimum absolute atomic E-state index is 0.0606. The molecule has 8 heteroatoms. The average Bonchev–Trinajstić information content (AvgIpc) is 3.11. The second-order valence-electron chi connectivity index (χ2n) is 7.94. The van der Waals surface area contributed by atoms with Gasteiger partial charge < -0.3 is 18.9 Å². The first-order valence-corrected chi connectivity index (χ1v) is 11.8. The highest BCUT2D eigenvalue weighted by Crippen LogP contribution is 2.39. The molecule has 3 rings (SSSR count). The smallest absolute Gasteiger partial charge is 0.338 e. The molecule has 0 amide bonds. The first-order chi connectivity index (χ1) is 16.3. The number of hydrogen-bond acceptors (Lipinski definition) is 8. The van der Waals surface area contributed by atoms with Gasteiger partial charge in [-0.25, -0.2) is 9.59 Å². The van der Waals surface area contributed by atoms with Gasteiger partial charge in [0.05, 0.1) is 23.0 Å². The molecule has 1 fully saturated rings. The number of aryl methyl sites for hydroxylation is 2. The predicted molar refractivity (Wildman–Crippen MR) is 129 cm³/mol. The van der Waals surface area contributed by atoms with Crippen LogP contribution in [-0.4, -0.2) is 54.0 Å². The number of esters is 3. The quantitative estimate of drug-likeness (QED) is 0.296. The zero-order chi connectivity index (χ0) is 24.7. The van der Waals surface area contributed by atoms with Gasteiger partial charge in [-0.2, -0.15) is 0 Å². The molecule has 2 aromatic carbocycles. The van der Waals surface area contributed by atoms with Gasteiger partial charge in [0.2, 0.25) is 0 Å². The van der Waals surface area contributed by atoms with Gasteiger partial charge in [0.1, 0.15) is 18.8 Å². The number of carbonyl (C=O) groups is 3. The maximum Gasteiger partial charge on any atom is 0.338 e. The summed E-state index contributed by atoms with van der Waals surface area (Å²) in [6.45, 7) is 8.90. The second kappa shape index (κ2) is 11.9. The zero-order valence-electron chi connectivity index (χ0n) is 19.4. The lowest BCUT2D eigenvalue weighted by Gasteiger charge is -2.25. The van der Waals surface area contributed by atoms with E-state index in [1.54, 1.807) is 30.3 Å². The van der Waals surface area contributed by atoms with Crippen molar-refractivity contribution in [1.29, 1.82) is 0 Å². The topological polar surface area (TPSA) is 88.1 Å². The van der Waals surface area contributed by atoms with E-state index in [2.05, 4.69) is 6.58 Å². The highest BCUT2D eigenvalue weighted by atomic mass is 32.2. The van der Waals surface area contributed by atoms with Crippen LogP contribution in [-0.2, 0) is 23.7 Å². The average molecular weight is 485 g/mol. The lowest BCUT2D eigenvalue weighted by atomic mass is 10.1. The van der Waals surface area contributed by atoms with Crippen LogP contribution in [0.15, 0.2) is 61.2 Å². The fourth-order valence-electron chi connectivity index (χ4n) is 3.39. The molecular formula is C26H28O7S. The van der Waals surface area contributed by atoms with Crippen molar-refractivity contribution < 1.29 is 33.3 Å². The first kappa shape index (κ1) is 25.5. The van der Waals surface area contributed by atoms with Crippen molar-refractivity contribution in [1.82, 2.24) is 0 Å². The number of carbonyl (C=O) groups excluding carboxylic acids is 3. The summed E-state index contributed by atoms with van der Waals surface area (Å²) < 4.78 is 22.6. The zero-order valence-corrected chi connectivity index (χ0v) is 20.2. The molecule has 0 saturated carbocycles. The van der Waals surface area contributed by atoms with Crippen molar-refractivity contribution in [3.63, 3.8) is 0 Å². The number of rotatable bonds is 9. The normalized spacial score (nSPS) is 21.5. The Kier molecular flexibility index (Phi) is 8.90. The molecule has 0 radical (unpaired) electrons. The molecule has 180 valence electrons. The van der Waals surface area contributed by atoms with Gasteiger partial charge in [-0.3, -0.25) is 4.79 Å². The van der Waals surface area contributed by atoms with Crippen LogP contribution >= 0.6 is 11.8 Å². The van der Waals surface area contributed by atoms with Crippen molar-refractivity contribution in [2.24, 2.45) is 0 Å². The van der Waals surface area contributed by atoms with E-state index in [4.69, 9.17) is 18.9 Å². The Balaban J connectivity index is 1.79. The lowest BCUT2D eigenvalue weighted by molar-refractivity contribution is -0.150. The van der Waals surface area contributed by atoms with Gasteiger partial charge in [0.25, 0.3) is 0 Å². The molecule has 0 bridgehead atoms. The van der Waals surface area contributed by atoms with Crippen LogP contribution < -0.4 is 0 Å². The van der Waals surface area contributed by atoms with Crippen molar-refractivity contribution in [3.05, 3.63) is 83.4 Å². The molecule has 1 heterocycles. The van der Waals surface area contributed by atoms with Gasteiger partial charge in [-0.15, -0.1) is 18.3 Å². The SMILES string of the molecule is C=CCO[C@H]1C(OC(C)=O)S[C@H](COC(=O)c2ccc(C)cc2)[C@H]1OC(=O)c1ccc(C)cc1. The summed E-state index contributed by atoms with van der Waals surface area (Å²) in [6, 6.07) is 14.0. The fourth-order valence-corrected chi connectivity index (χ4v) is 4.83. The highest BCUT2D eigenvalue weighted by molar-refractivity contribution is 8.00. The third-order valence-corrected chi connectivity index (χ3v) is 6.54. The molecule has 0 spiro atoms. The van der Waals surface area contributed by atoms with E-state index in [0.29, 0.717) is 11.1 Å². The summed E-state index contributed by atoms with van der Waals surface area (Å²) in [4.78, 5) is 37.1. The van der Waals surface area contributed by atoms with Gasteiger partial charge >= 0.3 is 17.9 Å². The fraction of sp³-hybridized carbons (Fsp3) is 0.346. The highest BCUT2D eigenvalue weighted by Gasteiger charge is 2.50. The monoisotopic (exact) mass is 484 g/mol. The minimum Gasteiger partial charge on any atom is -0.461 e. The van der Waals surface area contributed by atoms with E-state index in [9.17, 15) is 14.4 Å². The third kappa shape index (κ3) is 6.71. The Morgan fingerprint density at radius 1 is 0.882 bits per heavy atom.